The molecule has 0 atom stereocenters. The Kier molecular flexibility index (Phi) is 4.77. The quantitative estimate of drug-likeness (QED) is 0.923. The van der Waals surface area contributed by atoms with Gasteiger partial charge in [0.2, 0.25) is 11.0 Å². The van der Waals surface area contributed by atoms with Gasteiger partial charge in [-0.3, -0.25) is 4.79 Å². The molecule has 0 unspecified atom stereocenters. The molecule has 2 aromatic heterocycles. The zero-order chi connectivity index (χ0) is 14.7. The van der Waals surface area contributed by atoms with Gasteiger partial charge in [-0.05, 0) is 20.3 Å². The molecule has 0 fully saturated rings. The molecular formula is C13H17ClN4OS. The van der Waals surface area contributed by atoms with Gasteiger partial charge < -0.3 is 5.32 Å². The van der Waals surface area contributed by atoms with Crippen LogP contribution in [0.25, 0.3) is 5.13 Å². The number of nitrogens with zero attached hydrogens (tertiary/aromatic N) is 3. The van der Waals surface area contributed by atoms with Crippen molar-refractivity contribution in [1.82, 2.24) is 20.1 Å². The van der Waals surface area contributed by atoms with Gasteiger partial charge in [0, 0.05) is 11.9 Å². The maximum Gasteiger partial charge on any atom is 0.226 e. The van der Waals surface area contributed by atoms with E-state index in [-0.39, 0.29) is 5.91 Å². The van der Waals surface area contributed by atoms with Crippen LogP contribution in [-0.2, 0) is 11.2 Å². The maximum atomic E-state index is 11.7. The number of hydrogen-bond donors (Lipinski definition) is 1. The predicted octanol–water partition coefficient (Wildman–Crippen LogP) is 2.67. The van der Waals surface area contributed by atoms with Crippen LogP contribution in [0.5, 0.6) is 0 Å². The number of rotatable bonds is 5. The fourth-order valence-electron chi connectivity index (χ4n) is 1.78. The standard InChI is InChI=1S/C13H17ClN4OS/c1-4-5-15-11(19)6-10-7-20-13(16-10)18-9(3)12(14)8(2)17-18/h7H,4-6H2,1-3H3,(H,15,19). The zero-order valence-electron chi connectivity index (χ0n) is 11.7. The van der Waals surface area contributed by atoms with Crippen molar-refractivity contribution < 1.29 is 4.79 Å². The van der Waals surface area contributed by atoms with Gasteiger partial charge in [0.15, 0.2) is 0 Å². The molecule has 5 nitrogen and oxygen atoms in total. The summed E-state index contributed by atoms with van der Waals surface area (Å²) >= 11 is 7.58. The third-order valence-corrected chi connectivity index (χ3v) is 4.25. The van der Waals surface area contributed by atoms with Gasteiger partial charge in [-0.1, -0.05) is 18.5 Å². The third-order valence-electron chi connectivity index (χ3n) is 2.84. The fraction of sp³-hybridized carbons (Fsp3) is 0.462. The van der Waals surface area contributed by atoms with E-state index >= 15 is 0 Å². The van der Waals surface area contributed by atoms with Gasteiger partial charge in [-0.2, -0.15) is 5.10 Å². The molecule has 20 heavy (non-hydrogen) atoms. The highest BCUT2D eigenvalue weighted by atomic mass is 35.5. The highest BCUT2D eigenvalue weighted by molar-refractivity contribution is 7.12. The molecule has 0 spiro atoms. The summed E-state index contributed by atoms with van der Waals surface area (Å²) in [5, 5.41) is 10.5. The Labute approximate surface area is 127 Å². The first-order valence-electron chi connectivity index (χ1n) is 6.46. The molecule has 0 aliphatic carbocycles. The molecular weight excluding hydrogens is 296 g/mol. The van der Waals surface area contributed by atoms with E-state index in [1.807, 2.05) is 26.2 Å². The van der Waals surface area contributed by atoms with Crippen LogP contribution in [0.15, 0.2) is 5.38 Å². The molecule has 2 aromatic rings. The number of carbonyl (C=O) groups excluding carboxylic acids is 1. The summed E-state index contributed by atoms with van der Waals surface area (Å²) in [5.41, 5.74) is 2.39. The Hall–Kier alpha value is -1.40. The van der Waals surface area contributed by atoms with E-state index in [1.54, 1.807) is 4.68 Å². The highest BCUT2D eigenvalue weighted by Gasteiger charge is 2.14. The van der Waals surface area contributed by atoms with Gasteiger partial charge in [0.1, 0.15) is 0 Å². The average molecular weight is 313 g/mol. The van der Waals surface area contributed by atoms with E-state index in [4.69, 9.17) is 11.6 Å². The second kappa shape index (κ2) is 6.37. The summed E-state index contributed by atoms with van der Waals surface area (Å²) < 4.78 is 1.72. The molecule has 0 saturated carbocycles. The Morgan fingerprint density at radius 3 is 2.85 bits per heavy atom. The van der Waals surface area contributed by atoms with E-state index in [2.05, 4.69) is 15.4 Å². The average Bonchev–Trinajstić information content (AvgIpc) is 2.97. The maximum absolute atomic E-state index is 11.7. The Bertz CT molecular complexity index is 620. The van der Waals surface area contributed by atoms with E-state index in [0.29, 0.717) is 18.0 Å². The van der Waals surface area contributed by atoms with Crippen molar-refractivity contribution >= 4 is 28.8 Å². The lowest BCUT2D eigenvalue weighted by molar-refractivity contribution is -0.120. The van der Waals surface area contributed by atoms with Gasteiger partial charge in [-0.15, -0.1) is 11.3 Å². The Morgan fingerprint density at radius 1 is 1.50 bits per heavy atom. The molecule has 7 heteroatoms. The molecule has 0 aliphatic heterocycles. The third kappa shape index (κ3) is 3.19. The molecule has 2 rings (SSSR count). The smallest absolute Gasteiger partial charge is 0.226 e. The first-order valence-corrected chi connectivity index (χ1v) is 7.72. The summed E-state index contributed by atoms with van der Waals surface area (Å²) in [4.78, 5) is 16.1. The van der Waals surface area contributed by atoms with E-state index < -0.39 is 0 Å². The summed E-state index contributed by atoms with van der Waals surface area (Å²) in [6, 6.07) is 0. The molecule has 1 amide bonds. The molecule has 0 aromatic carbocycles. The monoisotopic (exact) mass is 312 g/mol. The lowest BCUT2D eigenvalue weighted by atomic mass is 10.3. The molecule has 0 saturated heterocycles. The van der Waals surface area contributed by atoms with Crippen LogP contribution in [-0.4, -0.2) is 27.2 Å². The second-order valence-electron chi connectivity index (χ2n) is 4.54. The van der Waals surface area contributed by atoms with Gasteiger partial charge in [0.05, 0.1) is 28.5 Å². The number of aryl methyl sites for hydroxylation is 1. The number of nitrogens with one attached hydrogen (secondary N) is 1. The van der Waals surface area contributed by atoms with Crippen LogP contribution >= 0.6 is 22.9 Å². The van der Waals surface area contributed by atoms with Gasteiger partial charge in [0.25, 0.3) is 0 Å². The lowest BCUT2D eigenvalue weighted by Crippen LogP contribution is -2.25. The molecule has 2 heterocycles. The Morgan fingerprint density at radius 2 is 2.25 bits per heavy atom. The first-order chi connectivity index (χ1) is 9.52. The van der Waals surface area contributed by atoms with Crippen molar-refractivity contribution in [2.45, 2.75) is 33.6 Å². The van der Waals surface area contributed by atoms with Crippen molar-refractivity contribution in [1.29, 1.82) is 0 Å². The van der Waals surface area contributed by atoms with Crippen LogP contribution < -0.4 is 5.32 Å². The number of amides is 1. The topological polar surface area (TPSA) is 59.8 Å². The summed E-state index contributed by atoms with van der Waals surface area (Å²) in [6.45, 7) is 6.48. The summed E-state index contributed by atoms with van der Waals surface area (Å²) in [7, 11) is 0. The zero-order valence-corrected chi connectivity index (χ0v) is 13.3. The first kappa shape index (κ1) is 15.0. The van der Waals surface area contributed by atoms with E-state index in [0.717, 1.165) is 28.6 Å². The summed E-state index contributed by atoms with van der Waals surface area (Å²) in [6.07, 6.45) is 1.22. The van der Waals surface area contributed by atoms with Crippen molar-refractivity contribution in [3.63, 3.8) is 0 Å². The van der Waals surface area contributed by atoms with Crippen molar-refractivity contribution in [3.05, 3.63) is 27.5 Å². The number of aromatic nitrogens is 3. The van der Waals surface area contributed by atoms with Gasteiger partial charge >= 0.3 is 0 Å². The van der Waals surface area contributed by atoms with Crippen LogP contribution in [0, 0.1) is 13.8 Å². The molecule has 1 N–H and O–H groups in total. The second-order valence-corrected chi connectivity index (χ2v) is 5.76. The predicted molar refractivity (Wildman–Crippen MR) is 80.7 cm³/mol. The molecule has 0 bridgehead atoms. The summed E-state index contributed by atoms with van der Waals surface area (Å²) in [5.74, 6) is -0.00454. The molecule has 0 radical (unpaired) electrons. The normalized spacial score (nSPS) is 10.8. The van der Waals surface area contributed by atoms with Crippen molar-refractivity contribution in [3.8, 4) is 5.13 Å². The SMILES string of the molecule is CCCNC(=O)Cc1csc(-n2nc(C)c(Cl)c2C)n1. The van der Waals surface area contributed by atoms with E-state index in [1.165, 1.54) is 11.3 Å². The highest BCUT2D eigenvalue weighted by Crippen LogP contribution is 2.24. The largest absolute Gasteiger partial charge is 0.356 e. The minimum absolute atomic E-state index is 0.00454. The van der Waals surface area contributed by atoms with Crippen molar-refractivity contribution in [2.24, 2.45) is 0 Å². The minimum Gasteiger partial charge on any atom is -0.356 e. The lowest BCUT2D eigenvalue weighted by Gasteiger charge is -2.01. The number of thiazole rings is 1. The van der Waals surface area contributed by atoms with Crippen molar-refractivity contribution in [2.75, 3.05) is 6.54 Å². The van der Waals surface area contributed by atoms with Crippen LogP contribution in [0.1, 0.15) is 30.4 Å². The minimum atomic E-state index is -0.00454. The van der Waals surface area contributed by atoms with Crippen LogP contribution in [0.4, 0.5) is 0 Å². The molecule has 108 valence electrons. The van der Waals surface area contributed by atoms with Crippen LogP contribution in [0.2, 0.25) is 5.02 Å². The fourth-order valence-corrected chi connectivity index (χ4v) is 2.72. The van der Waals surface area contributed by atoms with Crippen LogP contribution in [0.3, 0.4) is 0 Å². The Balaban J connectivity index is 2.12. The number of halogens is 1. The van der Waals surface area contributed by atoms with E-state index in [9.17, 15) is 4.79 Å². The number of carbonyl (C=O) groups is 1. The van der Waals surface area contributed by atoms with Gasteiger partial charge in [-0.25, -0.2) is 9.67 Å². The molecule has 0 aliphatic rings. The number of hydrogen-bond acceptors (Lipinski definition) is 4.